The number of piperidine rings is 1. The summed E-state index contributed by atoms with van der Waals surface area (Å²) < 4.78 is 41.0. The highest BCUT2D eigenvalue weighted by Gasteiger charge is 2.29. The van der Waals surface area contributed by atoms with Gasteiger partial charge in [-0.25, -0.2) is 4.98 Å². The van der Waals surface area contributed by atoms with E-state index in [4.69, 9.17) is 0 Å². The molecule has 0 aliphatic carbocycles. The molecule has 1 fully saturated rings. The number of hydrogen-bond donors (Lipinski definition) is 1. The third kappa shape index (κ3) is 5.58. The van der Waals surface area contributed by atoms with E-state index in [0.29, 0.717) is 37.3 Å². The molecule has 0 atom stereocenters. The van der Waals surface area contributed by atoms with Gasteiger partial charge in [0.15, 0.2) is 6.61 Å². The maximum absolute atomic E-state index is 12.5. The monoisotopic (exact) mass is 424 g/mol. The molecule has 1 aromatic heterocycles. The van der Waals surface area contributed by atoms with Crippen LogP contribution in [-0.2, 0) is 4.79 Å². The molecule has 0 bridgehead atoms. The van der Waals surface area contributed by atoms with Crippen molar-refractivity contribution in [3.8, 4) is 5.88 Å². The largest absolute Gasteiger partial charge is 0.468 e. The molecule has 0 saturated carbocycles. The average molecular weight is 424 g/mol. The van der Waals surface area contributed by atoms with Crippen LogP contribution in [0, 0.1) is 16.0 Å². The Balaban J connectivity index is 1.53. The third-order valence-corrected chi connectivity index (χ3v) is 4.67. The van der Waals surface area contributed by atoms with Gasteiger partial charge in [-0.2, -0.15) is 13.2 Å². The molecule has 11 heteroatoms. The van der Waals surface area contributed by atoms with Crippen molar-refractivity contribution in [3.63, 3.8) is 0 Å². The van der Waals surface area contributed by atoms with Crippen molar-refractivity contribution in [2.75, 3.05) is 29.9 Å². The predicted molar refractivity (Wildman–Crippen MR) is 102 cm³/mol. The first kappa shape index (κ1) is 21.3. The van der Waals surface area contributed by atoms with Crippen molar-refractivity contribution in [1.82, 2.24) is 4.98 Å². The molecule has 3 rings (SSSR count). The maximum Gasteiger partial charge on any atom is 0.422 e. The normalized spacial score (nSPS) is 15.0. The first-order valence-corrected chi connectivity index (χ1v) is 9.18. The quantitative estimate of drug-likeness (QED) is 0.560. The smallest absolute Gasteiger partial charge is 0.422 e. The fraction of sp³-hybridized carbons (Fsp3) is 0.368. The highest BCUT2D eigenvalue weighted by atomic mass is 19.4. The number of carbonyl (C=O) groups is 1. The molecule has 1 aromatic carbocycles. The molecule has 1 N–H and O–H groups in total. The molecule has 2 heterocycles. The Morgan fingerprint density at radius 2 is 1.93 bits per heavy atom. The minimum Gasteiger partial charge on any atom is -0.468 e. The lowest BCUT2D eigenvalue weighted by Crippen LogP contribution is -2.38. The number of halogens is 3. The van der Waals surface area contributed by atoms with Crippen LogP contribution in [0.25, 0.3) is 0 Å². The van der Waals surface area contributed by atoms with Gasteiger partial charge in [-0.05, 0) is 25.0 Å². The third-order valence-electron chi connectivity index (χ3n) is 4.67. The number of ether oxygens (including phenoxy) is 1. The van der Waals surface area contributed by atoms with Crippen LogP contribution >= 0.6 is 0 Å². The van der Waals surface area contributed by atoms with Gasteiger partial charge < -0.3 is 15.0 Å². The van der Waals surface area contributed by atoms with Gasteiger partial charge in [-0.15, -0.1) is 0 Å². The molecule has 0 unspecified atom stereocenters. The number of carbonyl (C=O) groups excluding carboxylic acids is 1. The molecule has 1 aliphatic heterocycles. The zero-order valence-corrected chi connectivity index (χ0v) is 15.8. The van der Waals surface area contributed by atoms with E-state index in [9.17, 15) is 28.1 Å². The number of aromatic nitrogens is 1. The Kier molecular flexibility index (Phi) is 6.38. The van der Waals surface area contributed by atoms with Gasteiger partial charge in [-0.3, -0.25) is 14.9 Å². The van der Waals surface area contributed by atoms with Crippen molar-refractivity contribution in [3.05, 3.63) is 52.7 Å². The van der Waals surface area contributed by atoms with Gasteiger partial charge in [0.25, 0.3) is 5.69 Å². The minimum absolute atomic E-state index is 0.0271. The topological polar surface area (TPSA) is 97.6 Å². The molecule has 0 radical (unpaired) electrons. The van der Waals surface area contributed by atoms with E-state index in [1.54, 1.807) is 18.2 Å². The lowest BCUT2D eigenvalue weighted by molar-refractivity contribution is -0.384. The lowest BCUT2D eigenvalue weighted by Gasteiger charge is -2.32. The summed E-state index contributed by atoms with van der Waals surface area (Å²) in [5.74, 6) is -0.712. The summed E-state index contributed by atoms with van der Waals surface area (Å²) in [5, 5.41) is 13.9. The number of rotatable bonds is 6. The van der Waals surface area contributed by atoms with Gasteiger partial charge in [0, 0.05) is 31.1 Å². The number of para-hydroxylation sites is 2. The SMILES string of the molecule is O=C(Nc1ccc(OCC(F)(F)F)nc1)C1CCN(c2ccccc2[N+](=O)[O-])CC1. The number of anilines is 2. The van der Waals surface area contributed by atoms with Crippen LogP contribution in [0.1, 0.15) is 12.8 Å². The lowest BCUT2D eigenvalue weighted by atomic mass is 9.95. The van der Waals surface area contributed by atoms with Crippen LogP contribution in [0.2, 0.25) is 0 Å². The van der Waals surface area contributed by atoms with Gasteiger partial charge in [0.05, 0.1) is 16.8 Å². The number of nitro benzene ring substituents is 1. The Hall–Kier alpha value is -3.37. The fourth-order valence-corrected chi connectivity index (χ4v) is 3.21. The summed E-state index contributed by atoms with van der Waals surface area (Å²) >= 11 is 0. The molecule has 1 aliphatic rings. The molecule has 1 saturated heterocycles. The van der Waals surface area contributed by atoms with E-state index in [0.717, 1.165) is 0 Å². The highest BCUT2D eigenvalue weighted by Crippen LogP contribution is 2.31. The molecule has 1 amide bonds. The number of benzene rings is 1. The first-order valence-electron chi connectivity index (χ1n) is 9.18. The standard InChI is InChI=1S/C19H19F3N4O4/c20-19(21,22)12-30-17-6-5-14(11-23-17)24-18(27)13-7-9-25(10-8-13)15-3-1-2-4-16(15)26(28)29/h1-6,11,13H,7-10,12H2,(H,24,27). The second kappa shape index (κ2) is 8.97. The summed E-state index contributed by atoms with van der Waals surface area (Å²) in [4.78, 5) is 28.9. The van der Waals surface area contributed by atoms with Crippen LogP contribution in [0.5, 0.6) is 5.88 Å². The van der Waals surface area contributed by atoms with Crippen molar-refractivity contribution in [2.45, 2.75) is 19.0 Å². The van der Waals surface area contributed by atoms with Gasteiger partial charge in [0.2, 0.25) is 11.8 Å². The second-order valence-electron chi connectivity index (χ2n) is 6.79. The van der Waals surface area contributed by atoms with Crippen LogP contribution < -0.4 is 15.0 Å². The van der Waals surface area contributed by atoms with Gasteiger partial charge in [-0.1, -0.05) is 12.1 Å². The number of amides is 1. The maximum atomic E-state index is 12.5. The zero-order chi connectivity index (χ0) is 21.7. The zero-order valence-electron chi connectivity index (χ0n) is 15.8. The minimum atomic E-state index is -4.45. The summed E-state index contributed by atoms with van der Waals surface area (Å²) in [7, 11) is 0. The predicted octanol–water partition coefficient (Wildman–Crippen LogP) is 3.79. The molecule has 30 heavy (non-hydrogen) atoms. The Labute approximate surface area is 169 Å². The summed E-state index contributed by atoms with van der Waals surface area (Å²) in [5.41, 5.74) is 0.903. The Morgan fingerprint density at radius 3 is 2.53 bits per heavy atom. The van der Waals surface area contributed by atoms with E-state index >= 15 is 0 Å². The summed E-state index contributed by atoms with van der Waals surface area (Å²) in [6.45, 7) is -0.458. The second-order valence-corrected chi connectivity index (χ2v) is 6.79. The van der Waals surface area contributed by atoms with Crippen molar-refractivity contribution in [2.24, 2.45) is 5.92 Å². The van der Waals surface area contributed by atoms with Crippen molar-refractivity contribution < 1.29 is 27.6 Å². The average Bonchev–Trinajstić information content (AvgIpc) is 2.73. The number of alkyl halides is 3. The van der Waals surface area contributed by atoms with Gasteiger partial charge in [0.1, 0.15) is 5.69 Å². The van der Waals surface area contributed by atoms with E-state index in [1.807, 2.05) is 4.90 Å². The number of hydrogen-bond acceptors (Lipinski definition) is 6. The first-order chi connectivity index (χ1) is 14.2. The van der Waals surface area contributed by atoms with Crippen LogP contribution in [0.3, 0.4) is 0 Å². The molecular formula is C19H19F3N4O4. The molecule has 160 valence electrons. The molecule has 0 spiro atoms. The number of nitrogens with one attached hydrogen (secondary N) is 1. The van der Waals surface area contributed by atoms with Crippen LogP contribution in [0.15, 0.2) is 42.6 Å². The van der Waals surface area contributed by atoms with E-state index in [-0.39, 0.29) is 23.4 Å². The summed E-state index contributed by atoms with van der Waals surface area (Å²) in [6, 6.07) is 9.14. The number of nitrogens with zero attached hydrogens (tertiary/aromatic N) is 3. The molecular weight excluding hydrogens is 405 g/mol. The van der Waals surface area contributed by atoms with Crippen LogP contribution in [0.4, 0.5) is 30.2 Å². The van der Waals surface area contributed by atoms with Gasteiger partial charge >= 0.3 is 6.18 Å². The van der Waals surface area contributed by atoms with E-state index in [1.165, 1.54) is 24.4 Å². The van der Waals surface area contributed by atoms with E-state index in [2.05, 4.69) is 15.0 Å². The highest BCUT2D eigenvalue weighted by molar-refractivity contribution is 5.92. The molecule has 2 aromatic rings. The fourth-order valence-electron chi connectivity index (χ4n) is 3.21. The number of nitro groups is 1. The Morgan fingerprint density at radius 1 is 1.23 bits per heavy atom. The summed E-state index contributed by atoms with van der Waals surface area (Å²) in [6.07, 6.45) is -2.20. The Bertz CT molecular complexity index is 897. The van der Waals surface area contributed by atoms with Crippen molar-refractivity contribution in [1.29, 1.82) is 0 Å². The van der Waals surface area contributed by atoms with E-state index < -0.39 is 17.7 Å². The van der Waals surface area contributed by atoms with Crippen molar-refractivity contribution >= 4 is 23.0 Å². The molecule has 8 nitrogen and oxygen atoms in total. The number of pyridine rings is 1. The van der Waals surface area contributed by atoms with Crippen LogP contribution in [-0.4, -0.2) is 41.7 Å².